The van der Waals surface area contributed by atoms with Gasteiger partial charge in [0, 0.05) is 12.6 Å². The largest absolute Gasteiger partial charge is 0.468 e. The molecule has 0 aliphatic carbocycles. The SMILES string of the molecule is C=CCNC(C(=O)OC)c1cncn1C(C)C. The van der Waals surface area contributed by atoms with Gasteiger partial charge in [-0.2, -0.15) is 0 Å². The maximum Gasteiger partial charge on any atom is 0.329 e. The number of nitrogens with zero attached hydrogens (tertiary/aromatic N) is 2. The molecule has 17 heavy (non-hydrogen) atoms. The highest BCUT2D eigenvalue weighted by atomic mass is 16.5. The first-order valence-corrected chi connectivity index (χ1v) is 5.55. The lowest BCUT2D eigenvalue weighted by molar-refractivity contribution is -0.143. The number of carbonyl (C=O) groups excluding carboxylic acids is 1. The molecule has 5 heteroatoms. The standard InChI is InChI=1S/C12H19N3O2/c1-5-6-14-11(12(16)17-4)10-7-13-8-15(10)9(2)3/h5,7-9,11,14H,1,6H2,2-4H3. The van der Waals surface area contributed by atoms with E-state index in [0.29, 0.717) is 6.54 Å². The predicted octanol–water partition coefficient (Wildman–Crippen LogP) is 1.45. The molecular formula is C12H19N3O2. The molecule has 0 radical (unpaired) electrons. The molecule has 1 heterocycles. The molecule has 1 atom stereocenters. The van der Waals surface area contributed by atoms with Crippen LogP contribution in [0.2, 0.25) is 0 Å². The van der Waals surface area contributed by atoms with E-state index in [1.807, 2.05) is 18.4 Å². The summed E-state index contributed by atoms with van der Waals surface area (Å²) in [4.78, 5) is 15.8. The minimum absolute atomic E-state index is 0.241. The van der Waals surface area contributed by atoms with Gasteiger partial charge >= 0.3 is 5.97 Å². The van der Waals surface area contributed by atoms with Gasteiger partial charge in [0.15, 0.2) is 0 Å². The number of imidazole rings is 1. The van der Waals surface area contributed by atoms with Crippen molar-refractivity contribution in [1.29, 1.82) is 0 Å². The van der Waals surface area contributed by atoms with E-state index in [0.717, 1.165) is 5.69 Å². The van der Waals surface area contributed by atoms with Crippen molar-refractivity contribution in [2.75, 3.05) is 13.7 Å². The van der Waals surface area contributed by atoms with Crippen molar-refractivity contribution < 1.29 is 9.53 Å². The fourth-order valence-electron chi connectivity index (χ4n) is 1.60. The highest BCUT2D eigenvalue weighted by molar-refractivity contribution is 5.77. The molecular weight excluding hydrogens is 218 g/mol. The van der Waals surface area contributed by atoms with Crippen LogP contribution in [-0.4, -0.2) is 29.2 Å². The molecule has 1 aromatic heterocycles. The fraction of sp³-hybridized carbons (Fsp3) is 0.500. The van der Waals surface area contributed by atoms with Gasteiger partial charge in [0.25, 0.3) is 0 Å². The van der Waals surface area contributed by atoms with E-state index >= 15 is 0 Å². The Morgan fingerprint density at radius 1 is 1.71 bits per heavy atom. The quantitative estimate of drug-likeness (QED) is 0.601. The molecule has 0 saturated carbocycles. The molecule has 5 nitrogen and oxygen atoms in total. The number of rotatable bonds is 6. The Labute approximate surface area is 101 Å². The van der Waals surface area contributed by atoms with Crippen molar-refractivity contribution in [3.8, 4) is 0 Å². The number of carbonyl (C=O) groups is 1. The monoisotopic (exact) mass is 237 g/mol. The van der Waals surface area contributed by atoms with Crippen molar-refractivity contribution in [1.82, 2.24) is 14.9 Å². The van der Waals surface area contributed by atoms with Gasteiger partial charge in [0.2, 0.25) is 0 Å². The summed E-state index contributed by atoms with van der Waals surface area (Å²) in [6.07, 6.45) is 5.09. The van der Waals surface area contributed by atoms with E-state index in [-0.39, 0.29) is 12.0 Å². The van der Waals surface area contributed by atoms with Crippen LogP contribution in [-0.2, 0) is 9.53 Å². The molecule has 1 aromatic rings. The molecule has 0 saturated heterocycles. The lowest BCUT2D eigenvalue weighted by Crippen LogP contribution is -2.31. The van der Waals surface area contributed by atoms with E-state index in [1.165, 1.54) is 7.11 Å². The Morgan fingerprint density at radius 3 is 2.94 bits per heavy atom. The van der Waals surface area contributed by atoms with E-state index in [4.69, 9.17) is 4.74 Å². The third-order valence-corrected chi connectivity index (χ3v) is 2.45. The van der Waals surface area contributed by atoms with Crippen LogP contribution in [0.3, 0.4) is 0 Å². The van der Waals surface area contributed by atoms with Crippen molar-refractivity contribution in [3.63, 3.8) is 0 Å². The van der Waals surface area contributed by atoms with Crippen LogP contribution in [0.25, 0.3) is 0 Å². The van der Waals surface area contributed by atoms with Gasteiger partial charge in [0.1, 0.15) is 6.04 Å². The average molecular weight is 237 g/mol. The predicted molar refractivity (Wildman–Crippen MR) is 65.6 cm³/mol. The summed E-state index contributed by atoms with van der Waals surface area (Å²) < 4.78 is 6.73. The molecule has 0 bridgehead atoms. The normalized spacial score (nSPS) is 12.5. The van der Waals surface area contributed by atoms with Gasteiger partial charge < -0.3 is 9.30 Å². The van der Waals surface area contributed by atoms with Gasteiger partial charge in [-0.1, -0.05) is 6.08 Å². The number of hydrogen-bond donors (Lipinski definition) is 1. The van der Waals surface area contributed by atoms with Gasteiger partial charge in [-0.15, -0.1) is 6.58 Å². The smallest absolute Gasteiger partial charge is 0.329 e. The summed E-state index contributed by atoms with van der Waals surface area (Å²) >= 11 is 0. The average Bonchev–Trinajstić information content (AvgIpc) is 2.78. The molecule has 0 aromatic carbocycles. The highest BCUT2D eigenvalue weighted by Gasteiger charge is 2.24. The van der Waals surface area contributed by atoms with Crippen LogP contribution in [0, 0.1) is 0 Å². The molecule has 0 fully saturated rings. The van der Waals surface area contributed by atoms with Gasteiger partial charge in [-0.25, -0.2) is 9.78 Å². The number of nitrogens with one attached hydrogen (secondary N) is 1. The lowest BCUT2D eigenvalue weighted by Gasteiger charge is -2.19. The van der Waals surface area contributed by atoms with Crippen LogP contribution in [0.1, 0.15) is 31.6 Å². The Bertz CT molecular complexity index is 385. The summed E-state index contributed by atoms with van der Waals surface area (Å²) in [6, 6.07) is -0.270. The Hall–Kier alpha value is -1.62. The van der Waals surface area contributed by atoms with Gasteiger partial charge in [0.05, 0.1) is 25.3 Å². The summed E-state index contributed by atoms with van der Waals surface area (Å²) in [5.41, 5.74) is 0.800. The van der Waals surface area contributed by atoms with E-state index < -0.39 is 6.04 Å². The van der Waals surface area contributed by atoms with Crippen molar-refractivity contribution in [2.24, 2.45) is 0 Å². The third kappa shape index (κ3) is 3.17. The summed E-state index contributed by atoms with van der Waals surface area (Å²) in [5.74, 6) is -0.325. The second-order valence-electron chi connectivity index (χ2n) is 3.97. The molecule has 0 spiro atoms. The van der Waals surface area contributed by atoms with Crippen LogP contribution < -0.4 is 5.32 Å². The fourth-order valence-corrected chi connectivity index (χ4v) is 1.60. The lowest BCUT2D eigenvalue weighted by atomic mass is 10.2. The second kappa shape index (κ2) is 6.20. The first-order chi connectivity index (χ1) is 8.11. The van der Waals surface area contributed by atoms with Crippen molar-refractivity contribution >= 4 is 5.97 Å². The minimum Gasteiger partial charge on any atom is -0.468 e. The number of methoxy groups -OCH3 is 1. The maximum atomic E-state index is 11.7. The Morgan fingerprint density at radius 2 is 2.41 bits per heavy atom. The number of aromatic nitrogens is 2. The molecule has 1 rings (SSSR count). The van der Waals surface area contributed by atoms with Crippen LogP contribution in [0.5, 0.6) is 0 Å². The zero-order valence-electron chi connectivity index (χ0n) is 10.5. The highest BCUT2D eigenvalue weighted by Crippen LogP contribution is 2.18. The topological polar surface area (TPSA) is 56.1 Å². The maximum absolute atomic E-state index is 11.7. The Balaban J connectivity index is 2.99. The number of ether oxygens (including phenoxy) is 1. The van der Waals surface area contributed by atoms with Crippen LogP contribution in [0.15, 0.2) is 25.2 Å². The Kier molecular flexibility index (Phi) is 4.90. The molecule has 0 aliphatic rings. The molecule has 1 unspecified atom stereocenters. The second-order valence-corrected chi connectivity index (χ2v) is 3.97. The summed E-state index contributed by atoms with van der Waals surface area (Å²) in [5, 5.41) is 3.06. The molecule has 94 valence electrons. The number of hydrogen-bond acceptors (Lipinski definition) is 4. The zero-order chi connectivity index (χ0) is 12.8. The van der Waals surface area contributed by atoms with E-state index in [9.17, 15) is 4.79 Å². The zero-order valence-corrected chi connectivity index (χ0v) is 10.5. The number of esters is 1. The minimum atomic E-state index is -0.511. The summed E-state index contributed by atoms with van der Waals surface area (Å²) in [7, 11) is 1.38. The third-order valence-electron chi connectivity index (χ3n) is 2.45. The molecule has 0 amide bonds. The van der Waals surface area contributed by atoms with E-state index in [1.54, 1.807) is 18.6 Å². The van der Waals surface area contributed by atoms with E-state index in [2.05, 4.69) is 16.9 Å². The first-order valence-electron chi connectivity index (χ1n) is 5.55. The van der Waals surface area contributed by atoms with Gasteiger partial charge in [-0.3, -0.25) is 5.32 Å². The van der Waals surface area contributed by atoms with Gasteiger partial charge in [-0.05, 0) is 13.8 Å². The first kappa shape index (κ1) is 13.4. The molecule has 1 N–H and O–H groups in total. The molecule has 0 aliphatic heterocycles. The van der Waals surface area contributed by atoms with Crippen LogP contribution in [0.4, 0.5) is 0 Å². The van der Waals surface area contributed by atoms with Crippen LogP contribution >= 0.6 is 0 Å². The van der Waals surface area contributed by atoms with Crippen molar-refractivity contribution in [3.05, 3.63) is 30.9 Å². The summed E-state index contributed by atoms with van der Waals surface area (Å²) in [6.45, 7) is 8.22. The van der Waals surface area contributed by atoms with Crippen molar-refractivity contribution in [2.45, 2.75) is 25.9 Å².